The lowest BCUT2D eigenvalue weighted by atomic mass is 9.44. The normalized spacial score (nSPS) is 35.3. The Morgan fingerprint density at radius 2 is 1.94 bits per heavy atom. The third-order valence-corrected chi connectivity index (χ3v) is 8.39. The average molecular weight is 449 g/mol. The third-order valence-electron chi connectivity index (χ3n) is 7.92. The maximum absolute atomic E-state index is 13.0. The Morgan fingerprint density at radius 3 is 2.55 bits per heavy atom. The molecule has 3 aliphatic rings. The summed E-state index contributed by atoms with van der Waals surface area (Å²) in [5.74, 6) is -0.429. The molecule has 0 heterocycles. The van der Waals surface area contributed by atoms with Crippen LogP contribution in [-0.2, 0) is 9.53 Å². The van der Waals surface area contributed by atoms with Crippen LogP contribution in [0.25, 0.3) is 0 Å². The number of carbonyl (C=O) groups excluding carboxylic acids is 2. The Kier molecular flexibility index (Phi) is 4.98. The summed E-state index contributed by atoms with van der Waals surface area (Å²) in [5, 5.41) is 22.3. The summed E-state index contributed by atoms with van der Waals surface area (Å²) in [6, 6.07) is 1.26. The molecule has 5 atom stereocenters. The summed E-state index contributed by atoms with van der Waals surface area (Å²) in [4.78, 5) is 24.9. The van der Waals surface area contributed by atoms with Gasteiger partial charge in [0.1, 0.15) is 35.1 Å². The first-order chi connectivity index (χ1) is 14.4. The SMILES string of the molecule is COc1cc(O)c(C(=O)O[C@@H]2C[C@]3(C)C4CC(C)(C)CC4C=C(C=O)[C@]23O)c(C)c1Cl. The first kappa shape index (κ1) is 22.2. The lowest BCUT2D eigenvalue weighted by Gasteiger charge is -2.64. The summed E-state index contributed by atoms with van der Waals surface area (Å²) in [6.07, 6.45) is 4.02. The number of aliphatic hydroxyl groups is 1. The first-order valence-electron chi connectivity index (χ1n) is 10.6. The minimum absolute atomic E-state index is 0.0738. The molecular weight excluding hydrogens is 420 g/mol. The number of aromatic hydroxyl groups is 1. The summed E-state index contributed by atoms with van der Waals surface area (Å²) in [6.45, 7) is 7.98. The largest absolute Gasteiger partial charge is 0.507 e. The van der Waals surface area contributed by atoms with Gasteiger partial charge in [-0.05, 0) is 49.0 Å². The molecule has 4 rings (SSSR count). The summed E-state index contributed by atoms with van der Waals surface area (Å²) in [7, 11) is 1.41. The lowest BCUT2D eigenvalue weighted by molar-refractivity contribution is -0.246. The Bertz CT molecular complexity index is 998. The second-order valence-electron chi connectivity index (χ2n) is 10.3. The van der Waals surface area contributed by atoms with E-state index >= 15 is 0 Å². The van der Waals surface area contributed by atoms with Crippen molar-refractivity contribution in [1.82, 2.24) is 0 Å². The van der Waals surface area contributed by atoms with E-state index in [1.165, 1.54) is 13.2 Å². The molecule has 0 amide bonds. The number of rotatable bonds is 4. The van der Waals surface area contributed by atoms with Crippen molar-refractivity contribution >= 4 is 23.9 Å². The second-order valence-corrected chi connectivity index (χ2v) is 10.7. The van der Waals surface area contributed by atoms with Gasteiger partial charge in [0.2, 0.25) is 0 Å². The zero-order chi connectivity index (χ0) is 22.9. The number of benzene rings is 1. The topological polar surface area (TPSA) is 93.1 Å². The van der Waals surface area contributed by atoms with Crippen LogP contribution >= 0.6 is 11.6 Å². The molecule has 2 unspecified atom stereocenters. The van der Waals surface area contributed by atoms with Gasteiger partial charge in [-0.15, -0.1) is 0 Å². The first-order valence-corrected chi connectivity index (χ1v) is 10.9. The molecule has 1 aromatic rings. The van der Waals surface area contributed by atoms with Crippen LogP contribution in [0.1, 0.15) is 56.0 Å². The number of ether oxygens (including phenoxy) is 2. The van der Waals surface area contributed by atoms with Crippen LogP contribution in [0.4, 0.5) is 0 Å². The smallest absolute Gasteiger partial charge is 0.342 e. The van der Waals surface area contributed by atoms with Crippen LogP contribution in [-0.4, -0.2) is 41.3 Å². The monoisotopic (exact) mass is 448 g/mol. The van der Waals surface area contributed by atoms with E-state index in [0.717, 1.165) is 12.8 Å². The van der Waals surface area contributed by atoms with E-state index in [9.17, 15) is 19.8 Å². The number of esters is 1. The predicted molar refractivity (Wildman–Crippen MR) is 115 cm³/mol. The number of hydrogen-bond donors (Lipinski definition) is 2. The van der Waals surface area contributed by atoms with Crippen molar-refractivity contribution < 1.29 is 29.3 Å². The van der Waals surface area contributed by atoms with E-state index in [1.807, 2.05) is 13.0 Å². The molecule has 0 bridgehead atoms. The fraction of sp³-hybridized carbons (Fsp3) is 0.583. The molecule has 168 valence electrons. The highest BCUT2D eigenvalue weighted by molar-refractivity contribution is 6.33. The molecule has 7 heteroatoms. The highest BCUT2D eigenvalue weighted by Crippen LogP contribution is 2.68. The van der Waals surface area contributed by atoms with Gasteiger partial charge in [-0.2, -0.15) is 0 Å². The van der Waals surface area contributed by atoms with Crippen molar-refractivity contribution in [1.29, 1.82) is 0 Å². The number of allylic oxidation sites excluding steroid dienone is 1. The number of aldehydes is 1. The van der Waals surface area contributed by atoms with Crippen molar-refractivity contribution in [3.63, 3.8) is 0 Å². The van der Waals surface area contributed by atoms with Gasteiger partial charge in [0.05, 0.1) is 12.1 Å². The summed E-state index contributed by atoms with van der Waals surface area (Å²) in [5.41, 5.74) is -1.45. The molecule has 0 saturated heterocycles. The van der Waals surface area contributed by atoms with E-state index in [0.29, 0.717) is 18.3 Å². The molecule has 3 aliphatic carbocycles. The van der Waals surface area contributed by atoms with Crippen LogP contribution in [0.15, 0.2) is 17.7 Å². The maximum atomic E-state index is 13.0. The van der Waals surface area contributed by atoms with Crippen molar-refractivity contribution in [3.8, 4) is 11.5 Å². The predicted octanol–water partition coefficient (Wildman–Crippen LogP) is 4.22. The highest BCUT2D eigenvalue weighted by atomic mass is 35.5. The average Bonchev–Trinajstić information content (AvgIpc) is 3.01. The van der Waals surface area contributed by atoms with Crippen LogP contribution in [0.3, 0.4) is 0 Å². The molecule has 2 saturated carbocycles. The molecule has 1 aromatic carbocycles. The van der Waals surface area contributed by atoms with E-state index in [1.54, 1.807) is 6.92 Å². The number of hydrogen-bond acceptors (Lipinski definition) is 6. The van der Waals surface area contributed by atoms with Gasteiger partial charge in [-0.1, -0.05) is 38.4 Å². The van der Waals surface area contributed by atoms with Gasteiger partial charge in [0.15, 0.2) is 0 Å². The van der Waals surface area contributed by atoms with Gasteiger partial charge >= 0.3 is 5.97 Å². The quantitative estimate of drug-likeness (QED) is 0.529. The van der Waals surface area contributed by atoms with E-state index < -0.39 is 23.1 Å². The molecule has 0 aromatic heterocycles. The molecule has 2 N–H and O–H groups in total. The third kappa shape index (κ3) is 2.94. The Labute approximate surface area is 187 Å². The lowest BCUT2D eigenvalue weighted by Crippen LogP contribution is -2.72. The number of carbonyl (C=O) groups is 2. The minimum atomic E-state index is -1.55. The standard InChI is InChI=1S/C24H29ClO6/c1-12-19(16(27)7-17(30-5)20(12)25)21(28)31-18-10-23(4)15-9-22(2,3)8-13(15)6-14(11-26)24(18,23)29/h6-7,11,13,15,18,27,29H,8-10H2,1-5H3/t13?,15?,18-,23-,24+/m1/s1. The van der Waals surface area contributed by atoms with Crippen LogP contribution in [0.5, 0.6) is 11.5 Å². The molecule has 0 radical (unpaired) electrons. The number of halogens is 1. The Hall–Kier alpha value is -2.05. The number of methoxy groups -OCH3 is 1. The number of phenolic OH excluding ortho intramolecular Hbond substituents is 1. The number of fused-ring (bicyclic) bond motifs is 3. The fourth-order valence-corrected chi connectivity index (χ4v) is 6.54. The molecule has 2 fully saturated rings. The molecule has 31 heavy (non-hydrogen) atoms. The van der Waals surface area contributed by atoms with Crippen LogP contribution in [0, 0.1) is 29.6 Å². The second kappa shape index (κ2) is 6.97. The highest BCUT2D eigenvalue weighted by Gasteiger charge is 2.72. The van der Waals surface area contributed by atoms with Crippen molar-refractivity contribution in [2.45, 2.75) is 58.7 Å². The van der Waals surface area contributed by atoms with Gasteiger partial charge in [0, 0.05) is 17.1 Å². The zero-order valence-corrected chi connectivity index (χ0v) is 19.2. The van der Waals surface area contributed by atoms with E-state index in [4.69, 9.17) is 21.1 Å². The summed E-state index contributed by atoms with van der Waals surface area (Å²) >= 11 is 6.24. The Balaban J connectivity index is 1.66. The van der Waals surface area contributed by atoms with Crippen LogP contribution < -0.4 is 4.74 Å². The molecule has 6 nitrogen and oxygen atoms in total. The molecular formula is C24H29ClO6. The van der Waals surface area contributed by atoms with E-state index in [-0.39, 0.29) is 44.9 Å². The molecule has 0 spiro atoms. The maximum Gasteiger partial charge on any atom is 0.342 e. The minimum Gasteiger partial charge on any atom is -0.507 e. The van der Waals surface area contributed by atoms with Crippen molar-refractivity contribution in [3.05, 3.63) is 33.9 Å². The van der Waals surface area contributed by atoms with Gasteiger partial charge < -0.3 is 19.7 Å². The fourth-order valence-electron chi connectivity index (χ4n) is 6.31. The van der Waals surface area contributed by atoms with Gasteiger partial charge in [0.25, 0.3) is 0 Å². The van der Waals surface area contributed by atoms with Crippen LogP contribution in [0.2, 0.25) is 5.02 Å². The zero-order valence-electron chi connectivity index (χ0n) is 18.5. The molecule has 0 aliphatic heterocycles. The van der Waals surface area contributed by atoms with Crippen molar-refractivity contribution in [2.75, 3.05) is 7.11 Å². The van der Waals surface area contributed by atoms with Crippen molar-refractivity contribution in [2.24, 2.45) is 22.7 Å². The van der Waals surface area contributed by atoms with Gasteiger partial charge in [-0.3, -0.25) is 4.79 Å². The van der Waals surface area contributed by atoms with E-state index in [2.05, 4.69) is 13.8 Å². The number of phenols is 1. The Morgan fingerprint density at radius 1 is 1.26 bits per heavy atom. The summed E-state index contributed by atoms with van der Waals surface area (Å²) < 4.78 is 10.8. The van der Waals surface area contributed by atoms with Gasteiger partial charge in [-0.25, -0.2) is 4.79 Å².